The van der Waals surface area contributed by atoms with Crippen LogP contribution in [-0.2, 0) is 7.05 Å². The molecule has 3 aromatic rings. The highest BCUT2D eigenvalue weighted by atomic mass is 16.5. The van der Waals surface area contributed by atoms with E-state index < -0.39 is 0 Å². The second-order valence-electron chi connectivity index (χ2n) is 4.16. The second kappa shape index (κ2) is 3.85. The summed E-state index contributed by atoms with van der Waals surface area (Å²) < 4.78 is 8.19. The molecule has 1 aromatic carbocycles. The Morgan fingerprint density at radius 2 is 2.16 bits per heavy atom. The van der Waals surface area contributed by atoms with Crippen LogP contribution in [0.3, 0.4) is 0 Å². The van der Waals surface area contributed by atoms with Crippen molar-refractivity contribution in [2.24, 2.45) is 7.05 Å². The van der Waals surface area contributed by atoms with Gasteiger partial charge in [-0.15, -0.1) is 0 Å². The minimum Gasteiger partial charge on any atom is -0.497 e. The van der Waals surface area contributed by atoms with E-state index in [2.05, 4.69) is 5.10 Å². The van der Waals surface area contributed by atoms with Crippen LogP contribution in [0.2, 0.25) is 0 Å². The Balaban J connectivity index is 2.55. The number of nitriles is 1. The van der Waals surface area contributed by atoms with E-state index in [1.807, 2.05) is 23.8 Å². The normalized spacial score (nSPS) is 10.8. The van der Waals surface area contributed by atoms with Gasteiger partial charge in [0.1, 0.15) is 17.5 Å². The van der Waals surface area contributed by atoms with Crippen LogP contribution in [-0.4, -0.2) is 21.3 Å². The number of ether oxygens (including phenoxy) is 1. The third-order valence-corrected chi connectivity index (χ3v) is 3.14. The molecule has 0 unspecified atom stereocenters. The third-order valence-electron chi connectivity index (χ3n) is 3.14. The van der Waals surface area contributed by atoms with Gasteiger partial charge in [-0.3, -0.25) is 4.79 Å². The summed E-state index contributed by atoms with van der Waals surface area (Å²) in [5.74, 6) is 0.608. The maximum atomic E-state index is 12.4. The average molecular weight is 254 g/mol. The lowest BCUT2D eigenvalue weighted by atomic mass is 10.2. The van der Waals surface area contributed by atoms with E-state index in [0.717, 1.165) is 5.52 Å². The van der Waals surface area contributed by atoms with Crippen LogP contribution in [0.25, 0.3) is 16.6 Å². The van der Waals surface area contributed by atoms with Crippen molar-refractivity contribution in [3.05, 3.63) is 40.3 Å². The summed E-state index contributed by atoms with van der Waals surface area (Å²) in [5.41, 5.74) is 1.31. The van der Waals surface area contributed by atoms with Gasteiger partial charge in [-0.1, -0.05) is 0 Å². The number of rotatable bonds is 1. The van der Waals surface area contributed by atoms with Gasteiger partial charge in [0, 0.05) is 13.1 Å². The molecule has 19 heavy (non-hydrogen) atoms. The van der Waals surface area contributed by atoms with Crippen molar-refractivity contribution >= 4 is 16.6 Å². The van der Waals surface area contributed by atoms with E-state index in [1.165, 1.54) is 4.52 Å². The molecule has 0 bridgehead atoms. The fraction of sp³-hybridized carbons (Fsp3) is 0.154. The Bertz CT molecular complexity index is 899. The molecular formula is C13H10N4O2. The molecule has 0 saturated heterocycles. The minimum atomic E-state index is -0.261. The molecule has 6 heteroatoms. The first-order valence-electron chi connectivity index (χ1n) is 5.62. The molecule has 6 nitrogen and oxygen atoms in total. The summed E-state index contributed by atoms with van der Waals surface area (Å²) in [6.07, 6.45) is 0. The van der Waals surface area contributed by atoms with Crippen LogP contribution in [0, 0.1) is 11.3 Å². The van der Waals surface area contributed by atoms with Crippen molar-refractivity contribution in [3.63, 3.8) is 0 Å². The predicted octanol–water partition coefficient (Wildman–Crippen LogP) is 1.07. The number of hydrogen-bond donors (Lipinski definition) is 0. The monoisotopic (exact) mass is 254 g/mol. The molecule has 0 N–H and O–H groups in total. The van der Waals surface area contributed by atoms with Gasteiger partial charge in [0.2, 0.25) is 0 Å². The van der Waals surface area contributed by atoms with Crippen molar-refractivity contribution in [2.75, 3.05) is 7.11 Å². The topological polar surface area (TPSA) is 72.3 Å². The van der Waals surface area contributed by atoms with Crippen molar-refractivity contribution in [3.8, 4) is 11.8 Å². The lowest BCUT2D eigenvalue weighted by Gasteiger charge is -2.08. The fourth-order valence-electron chi connectivity index (χ4n) is 2.16. The highest BCUT2D eigenvalue weighted by Crippen LogP contribution is 2.19. The van der Waals surface area contributed by atoms with E-state index in [0.29, 0.717) is 16.8 Å². The second-order valence-corrected chi connectivity index (χ2v) is 4.16. The summed E-state index contributed by atoms with van der Waals surface area (Å²) in [6.45, 7) is 0. The van der Waals surface area contributed by atoms with Gasteiger partial charge < -0.3 is 9.30 Å². The van der Waals surface area contributed by atoms with Crippen LogP contribution in [0.4, 0.5) is 0 Å². The van der Waals surface area contributed by atoms with Crippen molar-refractivity contribution in [2.45, 2.75) is 0 Å². The molecule has 0 fully saturated rings. The van der Waals surface area contributed by atoms with Crippen LogP contribution in [0.1, 0.15) is 5.69 Å². The molecule has 0 saturated carbocycles. The fourth-order valence-corrected chi connectivity index (χ4v) is 2.16. The molecule has 0 amide bonds. The minimum absolute atomic E-state index is 0.218. The SMILES string of the molecule is COc1ccc2c(c1)c(=O)n1nc(C#N)cc1n2C. The standard InChI is InChI=1S/C13H10N4O2/c1-16-11-4-3-9(19-2)6-10(11)13(18)17-12(16)5-8(7-14)15-17/h3-6H,1-2H3. The summed E-state index contributed by atoms with van der Waals surface area (Å²) >= 11 is 0. The molecule has 0 atom stereocenters. The molecule has 0 aliphatic rings. The quantitative estimate of drug-likeness (QED) is 0.651. The zero-order chi connectivity index (χ0) is 13.6. The number of aryl methyl sites for hydroxylation is 1. The molecule has 0 spiro atoms. The van der Waals surface area contributed by atoms with Crippen LogP contribution >= 0.6 is 0 Å². The highest BCUT2D eigenvalue weighted by molar-refractivity contribution is 5.82. The number of nitrogens with zero attached hydrogens (tertiary/aromatic N) is 4. The van der Waals surface area contributed by atoms with E-state index >= 15 is 0 Å². The first kappa shape index (κ1) is 11.3. The summed E-state index contributed by atoms with van der Waals surface area (Å²) in [6, 6.07) is 8.80. The zero-order valence-corrected chi connectivity index (χ0v) is 10.4. The molecule has 2 heterocycles. The zero-order valence-electron chi connectivity index (χ0n) is 10.4. The van der Waals surface area contributed by atoms with Crippen molar-refractivity contribution < 1.29 is 4.74 Å². The smallest absolute Gasteiger partial charge is 0.282 e. The summed E-state index contributed by atoms with van der Waals surface area (Å²) in [5, 5.41) is 13.4. The lowest BCUT2D eigenvalue weighted by molar-refractivity contribution is 0.415. The van der Waals surface area contributed by atoms with Crippen LogP contribution < -0.4 is 10.3 Å². The molecule has 0 radical (unpaired) electrons. The predicted molar refractivity (Wildman–Crippen MR) is 69.2 cm³/mol. The number of fused-ring (bicyclic) bond motifs is 2. The molecule has 0 aliphatic carbocycles. The maximum Gasteiger partial charge on any atom is 0.282 e. The van der Waals surface area contributed by atoms with Gasteiger partial charge >= 0.3 is 0 Å². The Hall–Kier alpha value is -2.81. The van der Waals surface area contributed by atoms with Gasteiger partial charge in [0.15, 0.2) is 5.69 Å². The van der Waals surface area contributed by atoms with Gasteiger partial charge in [-0.05, 0) is 18.2 Å². The lowest BCUT2D eigenvalue weighted by Crippen LogP contribution is -2.18. The van der Waals surface area contributed by atoms with E-state index in [9.17, 15) is 4.79 Å². The highest BCUT2D eigenvalue weighted by Gasteiger charge is 2.12. The van der Waals surface area contributed by atoms with Gasteiger partial charge in [-0.25, -0.2) is 0 Å². The first-order chi connectivity index (χ1) is 9.15. The Labute approximate surface area is 108 Å². The Morgan fingerprint density at radius 3 is 2.84 bits per heavy atom. The van der Waals surface area contributed by atoms with Gasteiger partial charge in [0.05, 0.1) is 18.0 Å². The average Bonchev–Trinajstić information content (AvgIpc) is 2.89. The van der Waals surface area contributed by atoms with Gasteiger partial charge in [0.25, 0.3) is 5.56 Å². The first-order valence-corrected chi connectivity index (χ1v) is 5.62. The van der Waals surface area contributed by atoms with E-state index in [4.69, 9.17) is 10.00 Å². The molecule has 2 aromatic heterocycles. The molecule has 3 rings (SSSR count). The number of aromatic nitrogens is 3. The Kier molecular flexibility index (Phi) is 2.29. The van der Waals surface area contributed by atoms with Crippen LogP contribution in [0.15, 0.2) is 29.1 Å². The van der Waals surface area contributed by atoms with Crippen molar-refractivity contribution in [1.82, 2.24) is 14.2 Å². The van der Waals surface area contributed by atoms with Gasteiger partial charge in [-0.2, -0.15) is 14.9 Å². The number of benzene rings is 1. The van der Waals surface area contributed by atoms with Crippen molar-refractivity contribution in [1.29, 1.82) is 5.26 Å². The summed E-state index contributed by atoms with van der Waals surface area (Å²) in [4.78, 5) is 12.4. The number of hydrogen-bond acceptors (Lipinski definition) is 4. The van der Waals surface area contributed by atoms with E-state index in [-0.39, 0.29) is 11.3 Å². The summed E-state index contributed by atoms with van der Waals surface area (Å²) in [7, 11) is 3.37. The molecular weight excluding hydrogens is 244 g/mol. The molecule has 0 aliphatic heterocycles. The van der Waals surface area contributed by atoms with Crippen LogP contribution in [0.5, 0.6) is 5.75 Å². The molecule has 94 valence electrons. The number of methoxy groups -OCH3 is 1. The largest absolute Gasteiger partial charge is 0.497 e. The third kappa shape index (κ3) is 1.48. The Morgan fingerprint density at radius 1 is 1.37 bits per heavy atom. The van der Waals surface area contributed by atoms with E-state index in [1.54, 1.807) is 25.3 Å². The maximum absolute atomic E-state index is 12.4.